The van der Waals surface area contributed by atoms with Crippen LogP contribution in [-0.4, -0.2) is 152 Å². The monoisotopic (exact) mass is 1040 g/mol. The molecule has 0 spiro atoms. The van der Waals surface area contributed by atoms with Gasteiger partial charge in [0.2, 0.25) is 0 Å². The molecule has 0 unspecified atom stereocenters. The van der Waals surface area contributed by atoms with Crippen molar-refractivity contribution in [2.24, 2.45) is 11.8 Å². The number of carboxylic acid groups (broad SMARTS) is 2. The fourth-order valence-corrected chi connectivity index (χ4v) is 7.39. The number of methoxy groups -OCH3 is 4. The Morgan fingerprint density at radius 3 is 1.16 bits per heavy atom. The lowest BCUT2D eigenvalue weighted by molar-refractivity contribution is -0.143. The van der Waals surface area contributed by atoms with Crippen molar-refractivity contribution >= 4 is 48.3 Å². The first-order valence-electron chi connectivity index (χ1n) is 23.7. The van der Waals surface area contributed by atoms with E-state index >= 15 is 0 Å². The Hall–Kier alpha value is -7.28. The van der Waals surface area contributed by atoms with E-state index in [4.69, 9.17) is 48.1 Å². The second-order valence-corrected chi connectivity index (χ2v) is 16.5. The third-order valence-corrected chi connectivity index (χ3v) is 11.2. The van der Waals surface area contributed by atoms with E-state index in [1.165, 1.54) is 28.4 Å². The minimum absolute atomic E-state index is 0.111. The van der Waals surface area contributed by atoms with Crippen LogP contribution in [0.4, 0.5) is 19.2 Å². The van der Waals surface area contributed by atoms with Crippen molar-refractivity contribution in [3.63, 3.8) is 0 Å². The van der Waals surface area contributed by atoms with Crippen LogP contribution < -0.4 is 21.3 Å². The first kappa shape index (κ1) is 61.0. The summed E-state index contributed by atoms with van der Waals surface area (Å²) in [4.78, 5) is 91.1. The van der Waals surface area contributed by atoms with Gasteiger partial charge in [0.25, 0.3) is 0 Å². The van der Waals surface area contributed by atoms with Crippen LogP contribution in [0.15, 0.2) is 83.2 Å². The van der Waals surface area contributed by atoms with Gasteiger partial charge in [-0.3, -0.25) is 10.6 Å². The van der Waals surface area contributed by atoms with Gasteiger partial charge in [-0.15, -0.1) is 0 Å². The van der Waals surface area contributed by atoms with E-state index in [0.29, 0.717) is 65.7 Å². The van der Waals surface area contributed by atoms with Gasteiger partial charge in [-0.25, -0.2) is 38.4 Å². The van der Waals surface area contributed by atoms with Crippen molar-refractivity contribution in [1.29, 1.82) is 0 Å². The number of hydrogen-bond acceptors (Lipinski definition) is 18. The maximum atomic E-state index is 11.9. The lowest BCUT2D eigenvalue weighted by Gasteiger charge is -2.27. The molecule has 24 nitrogen and oxygen atoms in total. The van der Waals surface area contributed by atoms with E-state index in [-0.39, 0.29) is 36.4 Å². The minimum Gasteiger partial charge on any atom is -0.480 e. The van der Waals surface area contributed by atoms with E-state index in [9.17, 15) is 38.4 Å². The molecule has 4 heterocycles. The smallest absolute Gasteiger partial charge is 0.412 e. The highest BCUT2D eigenvalue weighted by Crippen LogP contribution is 2.21. The Bertz CT molecular complexity index is 1990. The van der Waals surface area contributed by atoms with Crippen LogP contribution in [0.3, 0.4) is 0 Å². The average Bonchev–Trinajstić information content (AvgIpc) is 3.44. The lowest BCUT2D eigenvalue weighted by atomic mass is 9.94. The molecule has 4 amide bonds. The summed E-state index contributed by atoms with van der Waals surface area (Å²) < 4.78 is 49.3. The first-order valence-corrected chi connectivity index (χ1v) is 23.7. The van der Waals surface area contributed by atoms with E-state index in [2.05, 4.69) is 30.7 Å². The average molecular weight is 1050 g/mol. The van der Waals surface area contributed by atoms with Crippen LogP contribution in [0, 0.1) is 11.8 Å². The summed E-state index contributed by atoms with van der Waals surface area (Å²) in [6.07, 6.45) is 3.24. The maximum Gasteiger partial charge on any atom is 0.412 e. The van der Waals surface area contributed by atoms with Crippen molar-refractivity contribution in [2.45, 2.75) is 76.7 Å². The Labute approximate surface area is 428 Å². The highest BCUT2D eigenvalue weighted by atomic mass is 16.6. The first-order chi connectivity index (χ1) is 35.7. The molecule has 4 aliphatic heterocycles. The molecule has 74 heavy (non-hydrogen) atoms. The van der Waals surface area contributed by atoms with Gasteiger partial charge >= 0.3 is 48.3 Å². The molecular weight excluding hydrogens is 977 g/mol. The van der Waals surface area contributed by atoms with Gasteiger partial charge in [0, 0.05) is 38.3 Å². The molecule has 6 rings (SSSR count). The van der Waals surface area contributed by atoms with Crippen LogP contribution in [-0.2, 0) is 79.8 Å². The maximum absolute atomic E-state index is 11.9. The molecule has 4 saturated heterocycles. The zero-order valence-electron chi connectivity index (χ0n) is 42.1. The molecule has 4 atom stereocenters. The number of amides is 4. The van der Waals surface area contributed by atoms with Crippen molar-refractivity contribution in [3.05, 3.63) is 94.3 Å². The highest BCUT2D eigenvalue weighted by Gasteiger charge is 2.33. The number of benzene rings is 2. The lowest BCUT2D eigenvalue weighted by Crippen LogP contribution is -2.48. The normalized spacial score (nSPS) is 19.1. The van der Waals surface area contributed by atoms with Gasteiger partial charge in [0.05, 0.1) is 54.9 Å². The SMILES string of the molecule is COC(=O)/C(NC(=O)OCc1ccccc1)=C1/CCCOC1.COC(=O)/C(NC(=O)OCc1ccccc1)=C1\CCCOC1.COC(=O)N[C@H](C(=O)O)[C@@H]1CCCOC1.COC(=O)N[C@H](C(=O)O)[C@H]1CCCOC1. The fourth-order valence-electron chi connectivity index (χ4n) is 7.39. The molecule has 408 valence electrons. The second kappa shape index (κ2) is 35.0. The minimum atomic E-state index is -1.06. The number of carboxylic acids is 2. The molecule has 0 aromatic heterocycles. The number of ether oxygens (including phenoxy) is 10. The van der Waals surface area contributed by atoms with Crippen LogP contribution in [0.25, 0.3) is 0 Å². The highest BCUT2D eigenvalue weighted by molar-refractivity contribution is 5.93. The predicted octanol–water partition coefficient (Wildman–Crippen LogP) is 4.75. The van der Waals surface area contributed by atoms with Crippen molar-refractivity contribution in [1.82, 2.24) is 21.3 Å². The molecule has 4 fully saturated rings. The summed E-state index contributed by atoms with van der Waals surface area (Å²) in [5.74, 6) is -3.69. The largest absolute Gasteiger partial charge is 0.480 e. The number of esters is 2. The van der Waals surface area contributed by atoms with Gasteiger partial charge in [-0.05, 0) is 73.6 Å². The van der Waals surface area contributed by atoms with E-state index in [0.717, 1.165) is 60.8 Å². The molecule has 6 N–H and O–H groups in total. The van der Waals surface area contributed by atoms with Crippen LogP contribution in [0.2, 0.25) is 0 Å². The number of nitrogens with one attached hydrogen (secondary N) is 4. The number of rotatable bonds is 14. The second-order valence-electron chi connectivity index (χ2n) is 16.5. The number of carbonyl (C=O) groups excluding carboxylic acids is 6. The van der Waals surface area contributed by atoms with Crippen molar-refractivity contribution in [2.75, 3.05) is 81.3 Å². The number of carbonyl (C=O) groups is 8. The number of alkyl carbamates (subject to hydrolysis) is 4. The molecule has 4 aliphatic rings. The zero-order chi connectivity index (χ0) is 54.1. The standard InChI is InChI=1S/2C16H19NO5.2C9H15NO5/c2*1-20-15(18)14(13-8-5-9-21-11-13)17-16(19)22-10-12-6-3-2-4-7-12;2*1-14-9(13)10-7(8(11)12)6-3-2-4-15-5-6/h2*2-4,6-7H,5,8-11H2,1H3,(H,17,19);2*6-7H,2-5H2,1H3,(H,10,13)(H,11,12)/b14-13+;14-13-;;/t;;6-,7+;6-,7-/m..10/s1. The number of hydrogen-bond donors (Lipinski definition) is 6. The van der Waals surface area contributed by atoms with Crippen molar-refractivity contribution in [3.8, 4) is 0 Å². The Morgan fingerprint density at radius 2 is 0.878 bits per heavy atom. The summed E-state index contributed by atoms with van der Waals surface area (Å²) in [5.41, 5.74) is 3.39. The van der Waals surface area contributed by atoms with E-state index in [1.54, 1.807) is 0 Å². The summed E-state index contributed by atoms with van der Waals surface area (Å²) in [5, 5.41) is 27.4. The fraction of sp³-hybridized carbons (Fsp3) is 0.520. The van der Waals surface area contributed by atoms with Crippen LogP contribution in [0.5, 0.6) is 0 Å². The predicted molar refractivity (Wildman–Crippen MR) is 259 cm³/mol. The molecular formula is C50H68N4O20. The molecule has 2 aromatic carbocycles. The van der Waals surface area contributed by atoms with Crippen molar-refractivity contribution < 1.29 is 95.9 Å². The zero-order valence-corrected chi connectivity index (χ0v) is 42.1. The van der Waals surface area contributed by atoms with Gasteiger partial charge in [0.1, 0.15) is 36.7 Å². The van der Waals surface area contributed by atoms with Gasteiger partial charge in [-0.1, -0.05) is 60.7 Å². The summed E-state index contributed by atoms with van der Waals surface area (Å²) in [6, 6.07) is 16.7. The molecule has 0 bridgehead atoms. The summed E-state index contributed by atoms with van der Waals surface area (Å²) in [6.45, 7) is 4.21. The molecule has 0 aliphatic carbocycles. The third-order valence-electron chi connectivity index (χ3n) is 11.2. The van der Waals surface area contributed by atoms with E-state index in [1.807, 2.05) is 60.7 Å². The van der Waals surface area contributed by atoms with E-state index < -0.39 is 60.3 Å². The summed E-state index contributed by atoms with van der Waals surface area (Å²) >= 11 is 0. The van der Waals surface area contributed by atoms with Crippen LogP contribution in [0.1, 0.15) is 62.5 Å². The molecule has 2 aromatic rings. The van der Waals surface area contributed by atoms with Gasteiger partial charge in [0.15, 0.2) is 0 Å². The topological polar surface area (TPSA) is 317 Å². The summed E-state index contributed by atoms with van der Waals surface area (Å²) in [7, 11) is 4.93. The Kier molecular flexibility index (Phi) is 28.8. The molecule has 24 heteroatoms. The van der Waals surface area contributed by atoms with Crippen LogP contribution >= 0.6 is 0 Å². The van der Waals surface area contributed by atoms with Gasteiger partial charge in [-0.2, -0.15) is 0 Å². The Balaban J connectivity index is 0.000000265. The van der Waals surface area contributed by atoms with Gasteiger partial charge < -0.3 is 68.2 Å². The third kappa shape index (κ3) is 23.1. The molecule has 0 radical (unpaired) electrons. The quantitative estimate of drug-likeness (QED) is 0.0845. The molecule has 0 saturated carbocycles. The number of aliphatic carboxylic acids is 2. The Morgan fingerprint density at radius 1 is 0.514 bits per heavy atom.